The van der Waals surface area contributed by atoms with E-state index in [1.54, 1.807) is 0 Å². The number of aromatic nitrogens is 1. The first kappa shape index (κ1) is 41.2. The first-order valence-electron chi connectivity index (χ1n) is 24.7. The third kappa shape index (κ3) is 6.99. The first-order chi connectivity index (χ1) is 34.2. The van der Waals surface area contributed by atoms with E-state index in [1.807, 2.05) is 0 Å². The lowest BCUT2D eigenvalue weighted by Gasteiger charge is -2.37. The molecule has 1 aliphatic heterocycles. The second kappa shape index (κ2) is 17.3. The Morgan fingerprint density at radius 3 is 1.49 bits per heavy atom. The van der Waals surface area contributed by atoms with Gasteiger partial charge in [-0.05, 0) is 133 Å². The van der Waals surface area contributed by atoms with Gasteiger partial charge in [-0.1, -0.05) is 207 Å². The Kier molecular flexibility index (Phi) is 10.3. The van der Waals surface area contributed by atoms with Crippen LogP contribution in [0.1, 0.15) is 37.2 Å². The average Bonchev–Trinajstić information content (AvgIpc) is 3.95. The van der Waals surface area contributed by atoms with Crippen LogP contribution < -0.4 is 25.6 Å². The van der Waals surface area contributed by atoms with Crippen LogP contribution in [0.2, 0.25) is 0 Å². The molecular formula is C66H52N2Si. The highest BCUT2D eigenvalue weighted by Crippen LogP contribution is 2.52. The normalized spacial score (nSPS) is 15.6. The Hall–Kier alpha value is -7.98. The minimum Gasteiger partial charge on any atom is -0.338 e. The van der Waals surface area contributed by atoms with Gasteiger partial charge in [-0.15, -0.1) is 0 Å². The standard InChI is InChI=1S/C66H52N2Si/c1-6-21-47(22-7-1)51-41-52(48-23-8-2-9-24-48)43-54(42-51)68-64-36-19-17-34-60(64)62-45-50(38-40-66(62)68)49-37-39-65-61(44-49)59-33-16-18-35-63(59)67(65)53-25-20-32-58(46-53)69(55-26-10-3-11-27-55,56-28-12-4-13-29-56)57-30-14-5-15-31-57/h1-15,17,19-32,34,36-46,59,63H,16,18,33,35H2. The van der Waals surface area contributed by atoms with Crippen molar-refractivity contribution in [3.63, 3.8) is 0 Å². The van der Waals surface area contributed by atoms with Crippen molar-refractivity contribution < 1.29 is 0 Å². The molecule has 2 aliphatic rings. The van der Waals surface area contributed by atoms with Crippen molar-refractivity contribution >= 4 is 62.0 Å². The number of rotatable bonds is 9. The maximum absolute atomic E-state index is 2.73. The molecule has 0 radical (unpaired) electrons. The number of para-hydroxylation sites is 1. The highest BCUT2D eigenvalue weighted by Gasteiger charge is 2.44. The van der Waals surface area contributed by atoms with Crippen LogP contribution in [0.15, 0.2) is 255 Å². The average molecular weight is 901 g/mol. The molecule has 11 aromatic rings. The van der Waals surface area contributed by atoms with Gasteiger partial charge in [0.2, 0.25) is 0 Å². The van der Waals surface area contributed by atoms with Crippen LogP contribution in [0, 0.1) is 0 Å². The molecule has 0 spiro atoms. The largest absolute Gasteiger partial charge is 0.338 e. The SMILES string of the molecule is c1ccc(-c2cc(-c3ccccc3)cc(-n3c4ccccc4c4cc(-c5ccc6c(c5)C5CCCCC5N6c5cccc([Si](c6ccccc6)(c6ccccc6)c6ccccc6)c5)ccc43)c2)cc1. The van der Waals surface area contributed by atoms with Gasteiger partial charge in [0.1, 0.15) is 0 Å². The summed E-state index contributed by atoms with van der Waals surface area (Å²) in [5.41, 5.74) is 15.1. The van der Waals surface area contributed by atoms with Gasteiger partial charge < -0.3 is 9.47 Å². The van der Waals surface area contributed by atoms with Gasteiger partial charge in [0.15, 0.2) is 8.07 Å². The third-order valence-electron chi connectivity index (χ3n) is 15.3. The number of hydrogen-bond donors (Lipinski definition) is 0. The van der Waals surface area contributed by atoms with Crippen LogP contribution in [-0.2, 0) is 0 Å². The second-order valence-corrected chi connectivity index (χ2v) is 22.9. The van der Waals surface area contributed by atoms with Crippen LogP contribution in [0.4, 0.5) is 11.4 Å². The Balaban J connectivity index is 0.929. The molecule has 2 atom stereocenters. The lowest BCUT2D eigenvalue weighted by atomic mass is 9.82. The van der Waals surface area contributed by atoms with E-state index in [4.69, 9.17) is 0 Å². The Bertz CT molecular complexity index is 3470. The summed E-state index contributed by atoms with van der Waals surface area (Å²) in [5, 5.41) is 8.16. The fourth-order valence-electron chi connectivity index (χ4n) is 12.3. The Morgan fingerprint density at radius 1 is 0.333 bits per heavy atom. The molecule has 2 nitrogen and oxygen atoms in total. The zero-order chi connectivity index (χ0) is 45.7. The fourth-order valence-corrected chi connectivity index (χ4v) is 17.0. The van der Waals surface area contributed by atoms with E-state index in [1.165, 1.54) is 119 Å². The molecule has 0 N–H and O–H groups in total. The highest BCUT2D eigenvalue weighted by atomic mass is 28.3. The molecule has 0 bridgehead atoms. The molecule has 330 valence electrons. The highest BCUT2D eigenvalue weighted by molar-refractivity contribution is 7.19. The summed E-state index contributed by atoms with van der Waals surface area (Å²) in [6, 6.07) is 96.1. The van der Waals surface area contributed by atoms with Gasteiger partial charge in [-0.25, -0.2) is 0 Å². The molecule has 69 heavy (non-hydrogen) atoms. The first-order valence-corrected chi connectivity index (χ1v) is 26.7. The van der Waals surface area contributed by atoms with Crippen molar-refractivity contribution in [3.05, 3.63) is 260 Å². The third-order valence-corrected chi connectivity index (χ3v) is 20.1. The zero-order valence-electron chi connectivity index (χ0n) is 38.6. The fraction of sp³-hybridized carbons (Fsp3) is 0.0909. The van der Waals surface area contributed by atoms with Crippen molar-refractivity contribution in [1.29, 1.82) is 0 Å². The number of hydrogen-bond acceptors (Lipinski definition) is 1. The molecule has 1 fully saturated rings. The summed E-state index contributed by atoms with van der Waals surface area (Å²) < 4.78 is 2.47. The number of anilines is 2. The van der Waals surface area contributed by atoms with E-state index in [2.05, 4.69) is 264 Å². The summed E-state index contributed by atoms with van der Waals surface area (Å²) in [7, 11) is -2.70. The molecule has 1 aromatic heterocycles. The summed E-state index contributed by atoms with van der Waals surface area (Å²) in [5.74, 6) is 0.484. The number of nitrogens with zero attached hydrogens (tertiary/aromatic N) is 2. The number of benzene rings is 10. The van der Waals surface area contributed by atoms with Crippen molar-refractivity contribution in [2.45, 2.75) is 37.6 Å². The summed E-state index contributed by atoms with van der Waals surface area (Å²) >= 11 is 0. The molecule has 2 unspecified atom stereocenters. The van der Waals surface area contributed by atoms with E-state index in [9.17, 15) is 0 Å². The smallest absolute Gasteiger partial charge is 0.179 e. The van der Waals surface area contributed by atoms with Crippen LogP contribution >= 0.6 is 0 Å². The minimum absolute atomic E-state index is 0.424. The van der Waals surface area contributed by atoms with Crippen molar-refractivity contribution in [3.8, 4) is 39.1 Å². The zero-order valence-corrected chi connectivity index (χ0v) is 39.6. The van der Waals surface area contributed by atoms with Gasteiger partial charge in [-0.2, -0.15) is 0 Å². The minimum atomic E-state index is -2.70. The molecular weight excluding hydrogens is 849 g/mol. The van der Waals surface area contributed by atoms with E-state index < -0.39 is 8.07 Å². The van der Waals surface area contributed by atoms with Crippen LogP contribution in [0.25, 0.3) is 60.9 Å². The van der Waals surface area contributed by atoms with Gasteiger partial charge in [0.25, 0.3) is 0 Å². The monoisotopic (exact) mass is 900 g/mol. The van der Waals surface area contributed by atoms with Crippen LogP contribution in [-0.4, -0.2) is 18.7 Å². The quantitative estimate of drug-likeness (QED) is 0.104. The molecule has 3 heteroatoms. The van der Waals surface area contributed by atoms with Crippen molar-refractivity contribution in [2.24, 2.45) is 0 Å². The molecule has 0 saturated heterocycles. The predicted molar refractivity (Wildman–Crippen MR) is 294 cm³/mol. The van der Waals surface area contributed by atoms with Gasteiger partial charge in [0.05, 0.1) is 11.0 Å². The van der Waals surface area contributed by atoms with E-state index in [-0.39, 0.29) is 0 Å². The molecule has 2 heterocycles. The van der Waals surface area contributed by atoms with Crippen molar-refractivity contribution in [2.75, 3.05) is 4.90 Å². The topological polar surface area (TPSA) is 8.17 Å². The predicted octanol–water partition coefficient (Wildman–Crippen LogP) is 14.3. The second-order valence-electron chi connectivity index (χ2n) is 19.1. The van der Waals surface area contributed by atoms with Gasteiger partial charge in [0, 0.05) is 39.8 Å². The maximum Gasteiger partial charge on any atom is 0.179 e. The molecule has 13 rings (SSSR count). The lowest BCUT2D eigenvalue weighted by Crippen LogP contribution is -2.74. The molecule has 0 amide bonds. The molecule has 1 aliphatic carbocycles. The van der Waals surface area contributed by atoms with Gasteiger partial charge >= 0.3 is 0 Å². The van der Waals surface area contributed by atoms with Crippen LogP contribution in [0.3, 0.4) is 0 Å². The molecule has 1 saturated carbocycles. The summed E-state index contributed by atoms with van der Waals surface area (Å²) in [6.07, 6.45) is 4.94. The van der Waals surface area contributed by atoms with E-state index >= 15 is 0 Å². The Morgan fingerprint density at radius 2 is 0.855 bits per heavy atom. The number of fused-ring (bicyclic) bond motifs is 6. The van der Waals surface area contributed by atoms with Gasteiger partial charge in [-0.3, -0.25) is 0 Å². The lowest BCUT2D eigenvalue weighted by molar-refractivity contribution is 0.402. The maximum atomic E-state index is 2.73. The molecule has 10 aromatic carbocycles. The summed E-state index contributed by atoms with van der Waals surface area (Å²) in [6.45, 7) is 0. The van der Waals surface area contributed by atoms with Crippen molar-refractivity contribution in [1.82, 2.24) is 4.57 Å². The Labute approximate surface area is 406 Å². The summed E-state index contributed by atoms with van der Waals surface area (Å²) in [4.78, 5) is 2.73. The van der Waals surface area contributed by atoms with Crippen LogP contribution in [0.5, 0.6) is 0 Å². The van der Waals surface area contributed by atoms with E-state index in [0.717, 1.165) is 5.69 Å². The van der Waals surface area contributed by atoms with E-state index in [0.29, 0.717) is 12.0 Å².